The summed E-state index contributed by atoms with van der Waals surface area (Å²) in [5.41, 5.74) is 0. The van der Waals surface area contributed by atoms with E-state index in [9.17, 15) is 26.3 Å². The fraction of sp³-hybridized carbons (Fsp3) is 0.167. The van der Waals surface area contributed by atoms with Crippen LogP contribution in [-0.4, -0.2) is 11.3 Å². The van der Waals surface area contributed by atoms with Crippen molar-refractivity contribution < 1.29 is 31.1 Å². The predicted molar refractivity (Wildman–Crippen MR) is 30.8 cm³/mol. The molecule has 0 spiro atoms. The molecule has 0 aliphatic heterocycles. The Morgan fingerprint density at radius 2 is 1.64 bits per heavy atom. The van der Waals surface area contributed by atoms with Gasteiger partial charge in [-0.15, -0.1) is 13.2 Å². The fourth-order valence-electron chi connectivity index (χ4n) is 0.610. The van der Waals surface area contributed by atoms with E-state index in [-0.39, 0.29) is 6.07 Å². The summed E-state index contributed by atoms with van der Waals surface area (Å²) in [5, 5.41) is 0. The highest BCUT2D eigenvalue weighted by atomic mass is 19.4. The van der Waals surface area contributed by atoms with Crippen LogP contribution in [0, 0.1) is 17.6 Å². The van der Waals surface area contributed by atoms with Gasteiger partial charge in [0.2, 0.25) is 0 Å². The smallest absolute Gasteiger partial charge is 0.385 e. The van der Waals surface area contributed by atoms with Gasteiger partial charge in [-0.05, 0) is 0 Å². The number of hydrogen-bond donors (Lipinski definition) is 0. The van der Waals surface area contributed by atoms with Crippen LogP contribution in [0.25, 0.3) is 0 Å². The first-order valence-corrected chi connectivity index (χ1v) is 3.07. The van der Waals surface area contributed by atoms with Gasteiger partial charge < -0.3 is 4.74 Å². The highest BCUT2D eigenvalue weighted by molar-refractivity contribution is 5.15. The maximum atomic E-state index is 12.5. The summed E-state index contributed by atoms with van der Waals surface area (Å²) in [4.78, 5) is 2.30. The van der Waals surface area contributed by atoms with Crippen LogP contribution in [0.5, 0.6) is 5.88 Å². The lowest BCUT2D eigenvalue weighted by molar-refractivity contribution is -0.277. The lowest BCUT2D eigenvalue weighted by Gasteiger charge is -2.08. The zero-order chi connectivity index (χ0) is 10.9. The van der Waals surface area contributed by atoms with Gasteiger partial charge in [0.1, 0.15) is 0 Å². The monoisotopic (exact) mass is 217 g/mol. The normalized spacial score (nSPS) is 11.6. The van der Waals surface area contributed by atoms with Gasteiger partial charge in [0.25, 0.3) is 11.8 Å². The minimum Gasteiger partial charge on any atom is -0.385 e. The highest BCUT2D eigenvalue weighted by Crippen LogP contribution is 2.24. The molecule has 0 aromatic carbocycles. The molecular weight excluding hydrogens is 216 g/mol. The second kappa shape index (κ2) is 3.35. The highest BCUT2D eigenvalue weighted by Gasteiger charge is 2.33. The van der Waals surface area contributed by atoms with Crippen LogP contribution in [-0.2, 0) is 0 Å². The zero-order valence-electron chi connectivity index (χ0n) is 6.20. The van der Waals surface area contributed by atoms with Gasteiger partial charge in [-0.3, -0.25) is 0 Å². The Balaban J connectivity index is 3.04. The molecule has 0 aliphatic rings. The molecule has 78 valence electrons. The molecule has 0 aliphatic carbocycles. The average molecular weight is 217 g/mol. The predicted octanol–water partition coefficient (Wildman–Crippen LogP) is 2.40. The molecule has 0 fully saturated rings. The number of alkyl halides is 3. The van der Waals surface area contributed by atoms with Crippen LogP contribution < -0.4 is 4.74 Å². The molecule has 0 saturated carbocycles. The van der Waals surface area contributed by atoms with Crippen LogP contribution >= 0.6 is 0 Å². The molecule has 1 aromatic rings. The van der Waals surface area contributed by atoms with Crippen LogP contribution in [0.1, 0.15) is 0 Å². The summed E-state index contributed by atoms with van der Waals surface area (Å²) in [5.74, 6) is -6.96. The second-order valence-electron chi connectivity index (χ2n) is 2.10. The summed E-state index contributed by atoms with van der Waals surface area (Å²) >= 11 is 0. The molecule has 14 heavy (non-hydrogen) atoms. The van der Waals surface area contributed by atoms with E-state index < -0.39 is 29.8 Å². The molecular formula is C6HF6NO. The quantitative estimate of drug-likeness (QED) is 0.532. The van der Waals surface area contributed by atoms with Crippen LogP contribution in [0.3, 0.4) is 0 Å². The Bertz CT molecular complexity index is 349. The number of pyridine rings is 1. The first-order chi connectivity index (χ1) is 6.29. The molecule has 8 heteroatoms. The van der Waals surface area contributed by atoms with Crippen molar-refractivity contribution in [3.8, 4) is 5.88 Å². The van der Waals surface area contributed by atoms with Crippen molar-refractivity contribution >= 4 is 0 Å². The largest absolute Gasteiger partial charge is 0.574 e. The molecule has 1 heterocycles. The number of rotatable bonds is 1. The standard InChI is InChI=1S/C6HF6NO/c7-2-1-3(8)5(13-4(2)9)14-6(10,11)12/h1H. The minimum absolute atomic E-state index is 0.0938. The second-order valence-corrected chi connectivity index (χ2v) is 2.10. The number of ether oxygens (including phenoxy) is 1. The van der Waals surface area contributed by atoms with Gasteiger partial charge >= 0.3 is 6.36 Å². The third-order valence-corrected chi connectivity index (χ3v) is 1.07. The van der Waals surface area contributed by atoms with E-state index in [0.717, 1.165) is 0 Å². The van der Waals surface area contributed by atoms with Crippen molar-refractivity contribution in [2.45, 2.75) is 6.36 Å². The van der Waals surface area contributed by atoms with E-state index in [1.165, 1.54) is 0 Å². The van der Waals surface area contributed by atoms with Crippen molar-refractivity contribution in [3.63, 3.8) is 0 Å². The molecule has 0 N–H and O–H groups in total. The Morgan fingerprint density at radius 3 is 2.14 bits per heavy atom. The average Bonchev–Trinajstić information content (AvgIpc) is 1.97. The van der Waals surface area contributed by atoms with Gasteiger partial charge in [0.15, 0.2) is 11.6 Å². The molecule has 1 rings (SSSR count). The molecule has 0 saturated heterocycles. The van der Waals surface area contributed by atoms with Gasteiger partial charge in [-0.25, -0.2) is 8.78 Å². The SMILES string of the molecule is Fc1cc(F)c(OC(F)(F)F)nc1F. The Labute approximate surface area is 73.1 Å². The third-order valence-electron chi connectivity index (χ3n) is 1.07. The summed E-state index contributed by atoms with van der Waals surface area (Å²) in [6.07, 6.45) is -5.21. The van der Waals surface area contributed by atoms with Crippen molar-refractivity contribution in [3.05, 3.63) is 23.6 Å². The zero-order valence-corrected chi connectivity index (χ0v) is 6.20. The lowest BCUT2D eigenvalue weighted by atomic mass is 10.4. The first kappa shape index (κ1) is 10.6. The Hall–Kier alpha value is -1.47. The van der Waals surface area contributed by atoms with E-state index in [2.05, 4.69) is 9.72 Å². The molecule has 0 bridgehead atoms. The number of halogens is 6. The summed E-state index contributed by atoms with van der Waals surface area (Å²) in [6.45, 7) is 0. The number of hydrogen-bond acceptors (Lipinski definition) is 2. The minimum atomic E-state index is -5.21. The molecule has 0 radical (unpaired) electrons. The summed E-state index contributed by atoms with van der Waals surface area (Å²) < 4.78 is 74.4. The topological polar surface area (TPSA) is 22.1 Å². The van der Waals surface area contributed by atoms with E-state index in [1.807, 2.05) is 0 Å². The maximum absolute atomic E-state index is 12.5. The van der Waals surface area contributed by atoms with E-state index in [0.29, 0.717) is 0 Å². The van der Waals surface area contributed by atoms with Crippen molar-refractivity contribution in [2.24, 2.45) is 0 Å². The van der Waals surface area contributed by atoms with E-state index in [1.54, 1.807) is 0 Å². The molecule has 2 nitrogen and oxygen atoms in total. The fourth-order valence-corrected chi connectivity index (χ4v) is 0.610. The molecule has 0 atom stereocenters. The maximum Gasteiger partial charge on any atom is 0.574 e. The van der Waals surface area contributed by atoms with Gasteiger partial charge in [0, 0.05) is 6.07 Å². The van der Waals surface area contributed by atoms with E-state index >= 15 is 0 Å². The summed E-state index contributed by atoms with van der Waals surface area (Å²) in [7, 11) is 0. The van der Waals surface area contributed by atoms with Crippen LogP contribution in [0.2, 0.25) is 0 Å². The van der Waals surface area contributed by atoms with Crippen molar-refractivity contribution in [2.75, 3.05) is 0 Å². The Morgan fingerprint density at radius 1 is 1.07 bits per heavy atom. The van der Waals surface area contributed by atoms with E-state index in [4.69, 9.17) is 0 Å². The third kappa shape index (κ3) is 2.51. The van der Waals surface area contributed by atoms with Crippen molar-refractivity contribution in [1.29, 1.82) is 0 Å². The lowest BCUT2D eigenvalue weighted by Crippen LogP contribution is -2.19. The van der Waals surface area contributed by atoms with Gasteiger partial charge in [-0.1, -0.05) is 0 Å². The molecule has 0 unspecified atom stereocenters. The van der Waals surface area contributed by atoms with Crippen molar-refractivity contribution in [1.82, 2.24) is 4.98 Å². The first-order valence-electron chi connectivity index (χ1n) is 3.07. The number of nitrogens with zero attached hydrogens (tertiary/aromatic N) is 1. The van der Waals surface area contributed by atoms with Gasteiger partial charge in [0.05, 0.1) is 0 Å². The Kier molecular flexibility index (Phi) is 2.54. The summed E-state index contributed by atoms with van der Waals surface area (Å²) in [6, 6.07) is -0.0938. The van der Waals surface area contributed by atoms with Gasteiger partial charge in [-0.2, -0.15) is 9.37 Å². The van der Waals surface area contributed by atoms with Crippen LogP contribution in [0.15, 0.2) is 6.07 Å². The molecule has 0 amide bonds. The molecule has 1 aromatic heterocycles. The van der Waals surface area contributed by atoms with Crippen LogP contribution in [0.4, 0.5) is 26.3 Å². The number of aromatic nitrogens is 1.